The summed E-state index contributed by atoms with van der Waals surface area (Å²) in [6.45, 7) is 0.0410. The topological polar surface area (TPSA) is 44.8 Å². The van der Waals surface area contributed by atoms with E-state index < -0.39 is 11.9 Å². The van der Waals surface area contributed by atoms with Gasteiger partial charge in [-0.25, -0.2) is 0 Å². The summed E-state index contributed by atoms with van der Waals surface area (Å²) in [7, 11) is 0. The molecule has 0 spiro atoms. The minimum absolute atomic E-state index is 0.0410. The Balaban J connectivity index is 1.90. The highest BCUT2D eigenvalue weighted by Gasteiger charge is 2.57. The molecule has 2 atom stereocenters. The third-order valence-corrected chi connectivity index (χ3v) is 3.68. The molecule has 1 fully saturated rings. The van der Waals surface area contributed by atoms with Crippen LogP contribution in [0.25, 0.3) is 0 Å². The number of rotatable bonds is 1. The highest BCUT2D eigenvalue weighted by molar-refractivity contribution is 6.03. The Hall–Kier alpha value is -2.17. The second-order valence-electron chi connectivity index (χ2n) is 4.80. The maximum Gasteiger partial charge on any atom is 0.273 e. The van der Waals surface area contributed by atoms with Crippen molar-refractivity contribution in [3.8, 4) is 5.75 Å². The van der Waals surface area contributed by atoms with Crippen LogP contribution in [0.2, 0.25) is 0 Å². The molecule has 2 aliphatic heterocycles. The summed E-state index contributed by atoms with van der Waals surface area (Å²) in [6.07, 6.45) is -0.764. The average Bonchev–Trinajstić information content (AvgIpc) is 2.94. The number of para-hydroxylation sites is 1. The minimum Gasteiger partial charge on any atom is -0.454 e. The van der Waals surface area contributed by atoms with Crippen LogP contribution in [0.15, 0.2) is 54.6 Å². The van der Waals surface area contributed by atoms with Crippen molar-refractivity contribution in [3.63, 3.8) is 0 Å². The summed E-state index contributed by atoms with van der Waals surface area (Å²) in [5, 5.41) is 0. The molecule has 2 aromatic rings. The van der Waals surface area contributed by atoms with Crippen LogP contribution in [-0.4, -0.2) is 18.7 Å². The van der Waals surface area contributed by atoms with E-state index in [9.17, 15) is 4.79 Å². The number of Topliss-reactive ketones (excluding diaryl/α,β-unsaturated/α-hetero) is 1. The summed E-state index contributed by atoms with van der Waals surface area (Å²) >= 11 is 0. The van der Waals surface area contributed by atoms with Gasteiger partial charge in [-0.1, -0.05) is 42.5 Å². The molecule has 2 aliphatic rings. The smallest absolute Gasteiger partial charge is 0.273 e. The molecule has 4 nitrogen and oxygen atoms in total. The molecule has 0 N–H and O–H groups in total. The van der Waals surface area contributed by atoms with Crippen LogP contribution >= 0.6 is 0 Å². The third kappa shape index (κ3) is 1.46. The molecule has 0 radical (unpaired) electrons. The van der Waals surface area contributed by atoms with Gasteiger partial charge < -0.3 is 14.2 Å². The van der Waals surface area contributed by atoms with E-state index in [0.29, 0.717) is 11.3 Å². The molecule has 0 aliphatic carbocycles. The standard InChI is InChI=1S/C16H12O4/c17-14-12-8-4-5-9-13(12)20-16(15(14)18-10-19-16)11-6-2-1-3-7-11/h1-9,15H,10H2. The fourth-order valence-electron chi connectivity index (χ4n) is 2.73. The first kappa shape index (κ1) is 11.6. The third-order valence-electron chi connectivity index (χ3n) is 3.68. The predicted molar refractivity (Wildman–Crippen MR) is 70.3 cm³/mol. The number of carbonyl (C=O) groups is 1. The molecule has 0 aromatic heterocycles. The molecule has 1 saturated heterocycles. The van der Waals surface area contributed by atoms with E-state index in [4.69, 9.17) is 14.2 Å². The van der Waals surface area contributed by atoms with Crippen molar-refractivity contribution in [2.75, 3.05) is 6.79 Å². The van der Waals surface area contributed by atoms with E-state index in [1.54, 1.807) is 12.1 Å². The fraction of sp³-hybridized carbons (Fsp3) is 0.188. The van der Waals surface area contributed by atoms with Crippen molar-refractivity contribution in [2.45, 2.75) is 11.9 Å². The van der Waals surface area contributed by atoms with E-state index in [0.717, 1.165) is 5.56 Å². The Bertz CT molecular complexity index is 667. The Kier molecular flexibility index (Phi) is 2.42. The Morgan fingerprint density at radius 1 is 1.00 bits per heavy atom. The lowest BCUT2D eigenvalue weighted by Gasteiger charge is -2.36. The van der Waals surface area contributed by atoms with E-state index >= 15 is 0 Å². The van der Waals surface area contributed by atoms with Crippen molar-refractivity contribution in [3.05, 3.63) is 65.7 Å². The van der Waals surface area contributed by atoms with Crippen LogP contribution in [0.4, 0.5) is 0 Å². The van der Waals surface area contributed by atoms with E-state index in [-0.39, 0.29) is 12.6 Å². The van der Waals surface area contributed by atoms with Crippen LogP contribution in [0, 0.1) is 0 Å². The van der Waals surface area contributed by atoms with Crippen LogP contribution in [0.1, 0.15) is 15.9 Å². The van der Waals surface area contributed by atoms with Gasteiger partial charge in [-0.05, 0) is 12.1 Å². The van der Waals surface area contributed by atoms with Gasteiger partial charge in [-0.2, -0.15) is 0 Å². The van der Waals surface area contributed by atoms with E-state index in [1.807, 2.05) is 42.5 Å². The lowest BCUT2D eigenvalue weighted by atomic mass is 9.90. The summed E-state index contributed by atoms with van der Waals surface area (Å²) < 4.78 is 17.2. The van der Waals surface area contributed by atoms with E-state index in [2.05, 4.69) is 0 Å². The molecule has 0 amide bonds. The number of ketones is 1. The zero-order valence-corrected chi connectivity index (χ0v) is 10.6. The second-order valence-corrected chi connectivity index (χ2v) is 4.80. The van der Waals surface area contributed by atoms with Gasteiger partial charge in [-0.3, -0.25) is 4.79 Å². The fourth-order valence-corrected chi connectivity index (χ4v) is 2.73. The number of hydrogen-bond donors (Lipinski definition) is 0. The van der Waals surface area contributed by atoms with E-state index in [1.165, 1.54) is 0 Å². The summed E-state index contributed by atoms with van der Waals surface area (Å²) in [6, 6.07) is 16.6. The highest BCUT2D eigenvalue weighted by atomic mass is 16.8. The summed E-state index contributed by atoms with van der Waals surface area (Å²) in [5.74, 6) is -0.747. The molecular formula is C16H12O4. The number of carbonyl (C=O) groups excluding carboxylic acids is 1. The van der Waals surface area contributed by atoms with Crippen LogP contribution in [0.5, 0.6) is 5.75 Å². The summed E-state index contributed by atoms with van der Waals surface area (Å²) in [5.41, 5.74) is 1.32. The lowest BCUT2D eigenvalue weighted by Crippen LogP contribution is -2.50. The Morgan fingerprint density at radius 3 is 2.60 bits per heavy atom. The van der Waals surface area contributed by atoms with Crippen LogP contribution in [0.3, 0.4) is 0 Å². The number of hydrogen-bond acceptors (Lipinski definition) is 4. The Labute approximate surface area is 115 Å². The molecule has 0 bridgehead atoms. The maximum absolute atomic E-state index is 12.6. The van der Waals surface area contributed by atoms with Crippen molar-refractivity contribution < 1.29 is 19.0 Å². The molecule has 4 rings (SSSR count). The largest absolute Gasteiger partial charge is 0.454 e. The van der Waals surface area contributed by atoms with Crippen molar-refractivity contribution in [1.82, 2.24) is 0 Å². The number of fused-ring (bicyclic) bond motifs is 2. The number of ether oxygens (including phenoxy) is 3. The van der Waals surface area contributed by atoms with Gasteiger partial charge >= 0.3 is 0 Å². The van der Waals surface area contributed by atoms with Gasteiger partial charge in [-0.15, -0.1) is 0 Å². The maximum atomic E-state index is 12.6. The van der Waals surface area contributed by atoms with Gasteiger partial charge in [0.15, 0.2) is 12.9 Å². The first-order chi connectivity index (χ1) is 9.81. The first-order valence-corrected chi connectivity index (χ1v) is 6.44. The average molecular weight is 268 g/mol. The van der Waals surface area contributed by atoms with Gasteiger partial charge in [0.1, 0.15) is 5.75 Å². The van der Waals surface area contributed by atoms with Gasteiger partial charge in [0, 0.05) is 5.56 Å². The monoisotopic (exact) mass is 268 g/mol. The van der Waals surface area contributed by atoms with Gasteiger partial charge in [0.25, 0.3) is 5.79 Å². The van der Waals surface area contributed by atoms with Crippen LogP contribution in [-0.2, 0) is 15.3 Å². The summed E-state index contributed by atoms with van der Waals surface area (Å²) in [4.78, 5) is 12.6. The molecule has 4 heteroatoms. The molecule has 100 valence electrons. The SMILES string of the molecule is O=C1c2ccccc2OC2(c3ccccc3)OCOC12. The zero-order chi connectivity index (χ0) is 13.6. The van der Waals surface area contributed by atoms with Gasteiger partial charge in [0.05, 0.1) is 5.56 Å². The zero-order valence-electron chi connectivity index (χ0n) is 10.6. The molecule has 2 aromatic carbocycles. The predicted octanol–water partition coefficient (Wildman–Crippen LogP) is 2.49. The van der Waals surface area contributed by atoms with Crippen molar-refractivity contribution in [2.24, 2.45) is 0 Å². The normalized spacial score (nSPS) is 27.6. The molecule has 0 saturated carbocycles. The van der Waals surface area contributed by atoms with Gasteiger partial charge in [0.2, 0.25) is 5.78 Å². The van der Waals surface area contributed by atoms with Crippen molar-refractivity contribution >= 4 is 5.78 Å². The minimum atomic E-state index is -1.17. The second kappa shape index (κ2) is 4.16. The lowest BCUT2D eigenvalue weighted by molar-refractivity contribution is -0.163. The molecular weight excluding hydrogens is 256 g/mol. The first-order valence-electron chi connectivity index (χ1n) is 6.44. The molecule has 2 heterocycles. The Morgan fingerprint density at radius 2 is 1.75 bits per heavy atom. The molecule has 20 heavy (non-hydrogen) atoms. The van der Waals surface area contributed by atoms with Crippen LogP contribution < -0.4 is 4.74 Å². The number of benzene rings is 2. The van der Waals surface area contributed by atoms with Crippen molar-refractivity contribution in [1.29, 1.82) is 0 Å². The molecule has 2 unspecified atom stereocenters. The highest BCUT2D eigenvalue weighted by Crippen LogP contribution is 2.44. The quantitative estimate of drug-likeness (QED) is 0.797.